The number of nitrogens with two attached hydrogens (primary N) is 1. The molecular weight excluding hydrogens is 282 g/mol. The molecule has 0 atom stereocenters. The fraction of sp³-hybridized carbons (Fsp3) is 0.688. The fourth-order valence-corrected chi connectivity index (χ4v) is 3.59. The number of likely N-dealkylation sites (N-methyl/N-ethyl adjacent to an activating group) is 1. The molecule has 4 nitrogen and oxygen atoms in total. The first kappa shape index (κ1) is 16.5. The predicted molar refractivity (Wildman–Crippen MR) is 88.4 cm³/mol. The van der Waals surface area contributed by atoms with Crippen LogP contribution in [0.2, 0.25) is 0 Å². The summed E-state index contributed by atoms with van der Waals surface area (Å²) in [5.74, 6) is 0.238. The lowest BCUT2D eigenvalue weighted by molar-refractivity contribution is -0.133. The van der Waals surface area contributed by atoms with Crippen LogP contribution in [0.3, 0.4) is 0 Å². The van der Waals surface area contributed by atoms with Gasteiger partial charge in [-0.2, -0.15) is 0 Å². The van der Waals surface area contributed by atoms with E-state index in [0.29, 0.717) is 13.1 Å². The summed E-state index contributed by atoms with van der Waals surface area (Å²) in [5, 5.41) is 2.13. The molecule has 0 saturated carbocycles. The van der Waals surface area contributed by atoms with Crippen molar-refractivity contribution in [2.75, 3.05) is 32.7 Å². The summed E-state index contributed by atoms with van der Waals surface area (Å²) in [4.78, 5) is 18.2. The van der Waals surface area contributed by atoms with Gasteiger partial charge in [0.15, 0.2) is 0 Å². The molecule has 1 amide bonds. The number of rotatable bonds is 6. The zero-order chi connectivity index (χ0) is 15.5. The van der Waals surface area contributed by atoms with E-state index in [2.05, 4.69) is 37.1 Å². The third-order valence-corrected chi connectivity index (χ3v) is 5.19. The van der Waals surface area contributed by atoms with Crippen molar-refractivity contribution < 1.29 is 4.79 Å². The van der Waals surface area contributed by atoms with E-state index in [1.807, 2.05) is 4.90 Å². The minimum atomic E-state index is 0.0543. The van der Waals surface area contributed by atoms with Gasteiger partial charge in [0.05, 0.1) is 6.54 Å². The van der Waals surface area contributed by atoms with Crippen LogP contribution < -0.4 is 5.73 Å². The maximum Gasteiger partial charge on any atom is 0.237 e. The van der Waals surface area contributed by atoms with Crippen molar-refractivity contribution in [2.45, 2.75) is 33.7 Å². The van der Waals surface area contributed by atoms with Crippen molar-refractivity contribution in [2.24, 2.45) is 11.1 Å². The van der Waals surface area contributed by atoms with Crippen molar-refractivity contribution in [3.8, 4) is 0 Å². The molecule has 118 valence electrons. The van der Waals surface area contributed by atoms with Crippen LogP contribution in [0.1, 0.15) is 31.2 Å². The topological polar surface area (TPSA) is 49.6 Å². The standard InChI is InChI=1S/C16H27N3OS/c1-4-18(12-16(2,3)11-17)10-15(20)19-7-5-14-13(9-19)6-8-21-14/h6,8H,4-5,7,9-12,17H2,1-3H3. The van der Waals surface area contributed by atoms with Gasteiger partial charge in [0.1, 0.15) is 0 Å². The van der Waals surface area contributed by atoms with E-state index in [1.165, 1.54) is 10.4 Å². The van der Waals surface area contributed by atoms with E-state index in [-0.39, 0.29) is 11.3 Å². The SMILES string of the molecule is CCN(CC(=O)N1CCc2sccc2C1)CC(C)(C)CN. The number of nitrogens with zero attached hydrogens (tertiary/aromatic N) is 2. The molecule has 1 aliphatic heterocycles. The van der Waals surface area contributed by atoms with Crippen LogP contribution in [-0.4, -0.2) is 48.4 Å². The first-order valence-electron chi connectivity index (χ1n) is 7.70. The van der Waals surface area contributed by atoms with Crippen LogP contribution in [0.5, 0.6) is 0 Å². The molecule has 2 heterocycles. The van der Waals surface area contributed by atoms with Crippen molar-refractivity contribution in [3.63, 3.8) is 0 Å². The third-order valence-electron chi connectivity index (χ3n) is 4.17. The van der Waals surface area contributed by atoms with Crippen molar-refractivity contribution in [3.05, 3.63) is 21.9 Å². The maximum absolute atomic E-state index is 12.5. The Hall–Kier alpha value is -0.910. The predicted octanol–water partition coefficient (Wildman–Crippen LogP) is 1.94. The number of fused-ring (bicyclic) bond motifs is 1. The fourth-order valence-electron chi connectivity index (χ4n) is 2.70. The molecule has 0 saturated heterocycles. The molecule has 1 aliphatic rings. The molecule has 0 fully saturated rings. The average molecular weight is 309 g/mol. The molecule has 1 aromatic rings. The molecule has 0 aromatic carbocycles. The number of carbonyl (C=O) groups is 1. The highest BCUT2D eigenvalue weighted by Gasteiger charge is 2.25. The van der Waals surface area contributed by atoms with Crippen LogP contribution in [0, 0.1) is 5.41 Å². The van der Waals surface area contributed by atoms with Gasteiger partial charge in [-0.15, -0.1) is 11.3 Å². The van der Waals surface area contributed by atoms with Crippen LogP contribution in [0.25, 0.3) is 0 Å². The summed E-state index contributed by atoms with van der Waals surface area (Å²) in [6.45, 7) is 10.9. The normalized spacial score (nSPS) is 15.4. The Morgan fingerprint density at radius 1 is 1.52 bits per heavy atom. The average Bonchev–Trinajstić information content (AvgIpc) is 2.93. The van der Waals surface area contributed by atoms with Crippen LogP contribution in [0.4, 0.5) is 0 Å². The lowest BCUT2D eigenvalue weighted by Crippen LogP contribution is -2.46. The molecule has 21 heavy (non-hydrogen) atoms. The van der Waals surface area contributed by atoms with Crippen LogP contribution in [0.15, 0.2) is 11.4 Å². The largest absolute Gasteiger partial charge is 0.337 e. The molecular formula is C16H27N3OS. The Balaban J connectivity index is 1.91. The first-order chi connectivity index (χ1) is 9.95. The molecule has 0 unspecified atom stereocenters. The van der Waals surface area contributed by atoms with Gasteiger partial charge in [-0.1, -0.05) is 20.8 Å². The highest BCUT2D eigenvalue weighted by atomic mass is 32.1. The summed E-state index contributed by atoms with van der Waals surface area (Å²) in [6.07, 6.45) is 0.999. The second-order valence-electron chi connectivity index (χ2n) is 6.61. The molecule has 2 N–H and O–H groups in total. The molecule has 0 aliphatic carbocycles. The summed E-state index contributed by atoms with van der Waals surface area (Å²) in [5.41, 5.74) is 7.18. The third kappa shape index (κ3) is 4.28. The summed E-state index contributed by atoms with van der Waals surface area (Å²) in [6, 6.07) is 2.15. The van der Waals surface area contributed by atoms with E-state index in [9.17, 15) is 4.79 Å². The zero-order valence-electron chi connectivity index (χ0n) is 13.4. The van der Waals surface area contributed by atoms with E-state index in [0.717, 1.165) is 32.6 Å². The Morgan fingerprint density at radius 2 is 2.29 bits per heavy atom. The second kappa shape index (κ2) is 6.90. The van der Waals surface area contributed by atoms with E-state index >= 15 is 0 Å². The highest BCUT2D eigenvalue weighted by Crippen LogP contribution is 2.24. The monoisotopic (exact) mass is 309 g/mol. The maximum atomic E-state index is 12.5. The number of carbonyl (C=O) groups excluding carboxylic acids is 1. The molecule has 1 aromatic heterocycles. The number of hydrogen-bond acceptors (Lipinski definition) is 4. The minimum Gasteiger partial charge on any atom is -0.337 e. The summed E-state index contributed by atoms with van der Waals surface area (Å²) < 4.78 is 0. The summed E-state index contributed by atoms with van der Waals surface area (Å²) >= 11 is 1.81. The molecule has 0 bridgehead atoms. The van der Waals surface area contributed by atoms with Gasteiger partial charge < -0.3 is 10.6 Å². The molecule has 5 heteroatoms. The van der Waals surface area contributed by atoms with E-state index in [1.54, 1.807) is 11.3 Å². The molecule has 0 spiro atoms. The van der Waals surface area contributed by atoms with Crippen molar-refractivity contribution >= 4 is 17.2 Å². The van der Waals surface area contributed by atoms with Gasteiger partial charge in [0, 0.05) is 24.5 Å². The van der Waals surface area contributed by atoms with Crippen molar-refractivity contribution in [1.82, 2.24) is 9.80 Å². The minimum absolute atomic E-state index is 0.0543. The van der Waals surface area contributed by atoms with Crippen molar-refractivity contribution in [1.29, 1.82) is 0 Å². The smallest absolute Gasteiger partial charge is 0.237 e. The first-order valence-corrected chi connectivity index (χ1v) is 8.58. The quantitative estimate of drug-likeness (QED) is 0.873. The van der Waals surface area contributed by atoms with Gasteiger partial charge in [0.2, 0.25) is 5.91 Å². The molecule has 0 radical (unpaired) electrons. The zero-order valence-corrected chi connectivity index (χ0v) is 14.2. The Kier molecular flexibility index (Phi) is 5.41. The van der Waals surface area contributed by atoms with Gasteiger partial charge in [-0.3, -0.25) is 9.69 Å². The highest BCUT2D eigenvalue weighted by molar-refractivity contribution is 7.10. The number of hydrogen-bond donors (Lipinski definition) is 1. The Labute approximate surface area is 131 Å². The van der Waals surface area contributed by atoms with Crippen LogP contribution in [-0.2, 0) is 17.8 Å². The van der Waals surface area contributed by atoms with Gasteiger partial charge in [-0.05, 0) is 41.9 Å². The van der Waals surface area contributed by atoms with Crippen LogP contribution >= 0.6 is 11.3 Å². The van der Waals surface area contributed by atoms with Gasteiger partial charge in [-0.25, -0.2) is 0 Å². The lowest BCUT2D eigenvalue weighted by atomic mass is 9.93. The van der Waals surface area contributed by atoms with Gasteiger partial charge in [0.25, 0.3) is 0 Å². The van der Waals surface area contributed by atoms with E-state index in [4.69, 9.17) is 5.73 Å². The Bertz CT molecular complexity index is 484. The number of amides is 1. The second-order valence-corrected chi connectivity index (χ2v) is 7.61. The summed E-state index contributed by atoms with van der Waals surface area (Å²) in [7, 11) is 0. The molecule has 2 rings (SSSR count). The van der Waals surface area contributed by atoms with E-state index < -0.39 is 0 Å². The van der Waals surface area contributed by atoms with Gasteiger partial charge >= 0.3 is 0 Å². The Morgan fingerprint density at radius 3 is 2.95 bits per heavy atom. The number of thiophene rings is 1. The lowest BCUT2D eigenvalue weighted by Gasteiger charge is -2.33.